The lowest BCUT2D eigenvalue weighted by molar-refractivity contribution is 0.335. The molecule has 0 saturated carbocycles. The quantitative estimate of drug-likeness (QED) is 0.664. The Hall–Kier alpha value is -1.56. The first-order valence-electron chi connectivity index (χ1n) is 9.84. The van der Waals surface area contributed by atoms with Crippen molar-refractivity contribution < 1.29 is 8.42 Å². The molecular formula is C22H31ClN2O2S. The summed E-state index contributed by atoms with van der Waals surface area (Å²) in [5, 5.41) is 0. The Balaban J connectivity index is 0.00000280. The van der Waals surface area contributed by atoms with Gasteiger partial charge in [-0.15, -0.1) is 12.4 Å². The molecule has 0 spiro atoms. The van der Waals surface area contributed by atoms with E-state index in [9.17, 15) is 8.42 Å². The van der Waals surface area contributed by atoms with E-state index in [-0.39, 0.29) is 12.4 Å². The Kier molecular flexibility index (Phi) is 7.93. The first-order chi connectivity index (χ1) is 12.9. The predicted molar refractivity (Wildman–Crippen MR) is 119 cm³/mol. The number of anilines is 1. The van der Waals surface area contributed by atoms with Gasteiger partial charge in [0.25, 0.3) is 10.0 Å². The highest BCUT2D eigenvalue weighted by Crippen LogP contribution is 2.28. The van der Waals surface area contributed by atoms with Gasteiger partial charge in [0.1, 0.15) is 0 Å². The summed E-state index contributed by atoms with van der Waals surface area (Å²) in [6, 6.07) is 15.0. The van der Waals surface area contributed by atoms with Gasteiger partial charge in [-0.3, -0.25) is 4.72 Å². The zero-order valence-electron chi connectivity index (χ0n) is 16.9. The third-order valence-electron chi connectivity index (χ3n) is 5.30. The third-order valence-corrected chi connectivity index (χ3v) is 6.70. The molecule has 28 heavy (non-hydrogen) atoms. The highest BCUT2D eigenvalue weighted by molar-refractivity contribution is 7.92. The summed E-state index contributed by atoms with van der Waals surface area (Å²) in [7, 11) is -3.56. The fourth-order valence-electron chi connectivity index (χ4n) is 3.69. The van der Waals surface area contributed by atoms with Crippen LogP contribution in [0.15, 0.2) is 53.4 Å². The Bertz CT molecular complexity index is 849. The van der Waals surface area contributed by atoms with Crippen molar-refractivity contribution in [3.05, 3.63) is 59.7 Å². The molecule has 0 bridgehead atoms. The number of rotatable bonds is 7. The van der Waals surface area contributed by atoms with Crippen LogP contribution < -0.4 is 4.72 Å². The second kappa shape index (κ2) is 9.77. The van der Waals surface area contributed by atoms with E-state index >= 15 is 0 Å². The summed E-state index contributed by atoms with van der Waals surface area (Å²) in [5.74, 6) is 0.928. The van der Waals surface area contributed by atoms with Crippen LogP contribution in [0.25, 0.3) is 0 Å². The lowest BCUT2D eigenvalue weighted by Gasteiger charge is -2.15. The van der Waals surface area contributed by atoms with Crippen LogP contribution in [0.4, 0.5) is 5.69 Å². The fourth-order valence-corrected chi connectivity index (χ4v) is 4.75. The second-order valence-electron chi connectivity index (χ2n) is 7.74. The molecule has 1 N–H and O–H groups in total. The Labute approximate surface area is 175 Å². The van der Waals surface area contributed by atoms with E-state index in [4.69, 9.17) is 0 Å². The van der Waals surface area contributed by atoms with Gasteiger partial charge in [-0.1, -0.05) is 45.0 Å². The molecule has 0 aliphatic carbocycles. The first kappa shape index (κ1) is 22.7. The average Bonchev–Trinajstić information content (AvgIpc) is 3.11. The minimum absolute atomic E-state index is 0. The molecule has 1 saturated heterocycles. The third kappa shape index (κ3) is 5.49. The van der Waals surface area contributed by atoms with Crippen molar-refractivity contribution in [3.8, 4) is 0 Å². The van der Waals surface area contributed by atoms with E-state index in [1.807, 2.05) is 24.3 Å². The van der Waals surface area contributed by atoms with Crippen LogP contribution in [0.5, 0.6) is 0 Å². The number of sulfonamides is 1. The molecular weight excluding hydrogens is 392 g/mol. The highest BCUT2D eigenvalue weighted by Gasteiger charge is 2.23. The van der Waals surface area contributed by atoms with Gasteiger partial charge in [0.15, 0.2) is 0 Å². The maximum absolute atomic E-state index is 12.6. The fraction of sp³-hybridized carbons (Fsp3) is 0.455. The zero-order valence-corrected chi connectivity index (χ0v) is 18.5. The van der Waals surface area contributed by atoms with E-state index in [1.54, 1.807) is 12.1 Å². The van der Waals surface area contributed by atoms with E-state index in [1.165, 1.54) is 18.4 Å². The summed E-state index contributed by atoms with van der Waals surface area (Å²) in [5.41, 5.74) is 3.03. The molecule has 0 radical (unpaired) electrons. The molecule has 154 valence electrons. The van der Waals surface area contributed by atoms with Crippen molar-refractivity contribution in [2.24, 2.45) is 0 Å². The molecule has 2 aromatic rings. The number of halogens is 1. The number of nitrogens with one attached hydrogen (secondary N) is 1. The van der Waals surface area contributed by atoms with Crippen molar-refractivity contribution in [1.29, 1.82) is 0 Å². The normalized spacial score (nSPS) is 17.5. The maximum Gasteiger partial charge on any atom is 0.261 e. The SMILES string of the molecule is CCCN1CCC(c2ccc(NS(=O)(=O)c3ccc(C(C)C)cc3)cc2)C1.Cl. The first-order valence-corrected chi connectivity index (χ1v) is 11.3. The topological polar surface area (TPSA) is 49.4 Å². The van der Waals surface area contributed by atoms with E-state index in [2.05, 4.69) is 42.5 Å². The Morgan fingerprint density at radius 1 is 1.07 bits per heavy atom. The van der Waals surface area contributed by atoms with Gasteiger partial charge in [0, 0.05) is 12.2 Å². The molecule has 1 heterocycles. The lowest BCUT2D eigenvalue weighted by Crippen LogP contribution is -2.20. The highest BCUT2D eigenvalue weighted by atomic mass is 35.5. The van der Waals surface area contributed by atoms with Crippen LogP contribution in [0.1, 0.15) is 56.6 Å². The molecule has 1 unspecified atom stereocenters. The predicted octanol–water partition coefficient (Wildman–Crippen LogP) is 5.23. The van der Waals surface area contributed by atoms with Crippen molar-refractivity contribution in [1.82, 2.24) is 4.90 Å². The largest absolute Gasteiger partial charge is 0.303 e. The van der Waals surface area contributed by atoms with Gasteiger partial charge in [-0.2, -0.15) is 0 Å². The van der Waals surface area contributed by atoms with Crippen LogP contribution >= 0.6 is 12.4 Å². The number of hydrogen-bond acceptors (Lipinski definition) is 3. The smallest absolute Gasteiger partial charge is 0.261 e. The molecule has 6 heteroatoms. The van der Waals surface area contributed by atoms with Crippen LogP contribution in [0.2, 0.25) is 0 Å². The van der Waals surface area contributed by atoms with Gasteiger partial charge in [-0.05, 0) is 73.2 Å². The summed E-state index contributed by atoms with van der Waals surface area (Å²) >= 11 is 0. The maximum atomic E-state index is 12.6. The van der Waals surface area contributed by atoms with Crippen LogP contribution in [-0.4, -0.2) is 33.0 Å². The number of hydrogen-bond donors (Lipinski definition) is 1. The van der Waals surface area contributed by atoms with Crippen molar-refractivity contribution in [2.75, 3.05) is 24.4 Å². The molecule has 0 amide bonds. The average molecular weight is 423 g/mol. The Morgan fingerprint density at radius 2 is 1.71 bits per heavy atom. The summed E-state index contributed by atoms with van der Waals surface area (Å²) < 4.78 is 27.9. The zero-order chi connectivity index (χ0) is 19.4. The minimum atomic E-state index is -3.56. The van der Waals surface area contributed by atoms with Gasteiger partial charge in [0.05, 0.1) is 4.90 Å². The van der Waals surface area contributed by atoms with Crippen LogP contribution in [-0.2, 0) is 10.0 Å². The standard InChI is InChI=1S/C22H30N2O2S.ClH/c1-4-14-24-15-13-20(16-24)19-5-9-21(10-6-19)23-27(25,26)22-11-7-18(8-12-22)17(2)3;/h5-12,17,20,23H,4,13-16H2,1-3H3;1H. The summed E-state index contributed by atoms with van der Waals surface area (Å²) in [4.78, 5) is 2.80. The Morgan fingerprint density at radius 3 is 2.29 bits per heavy atom. The molecule has 2 aromatic carbocycles. The molecule has 0 aromatic heterocycles. The van der Waals surface area contributed by atoms with E-state index < -0.39 is 10.0 Å². The molecule has 3 rings (SSSR count). The second-order valence-corrected chi connectivity index (χ2v) is 9.42. The van der Waals surface area contributed by atoms with Gasteiger partial charge in [-0.25, -0.2) is 8.42 Å². The number of likely N-dealkylation sites (tertiary alicyclic amines) is 1. The van der Waals surface area contributed by atoms with Gasteiger partial charge >= 0.3 is 0 Å². The molecule has 1 aliphatic rings. The summed E-state index contributed by atoms with van der Waals surface area (Å²) in [6.45, 7) is 9.80. The lowest BCUT2D eigenvalue weighted by atomic mass is 9.98. The van der Waals surface area contributed by atoms with E-state index in [0.717, 1.165) is 25.2 Å². The minimum Gasteiger partial charge on any atom is -0.303 e. The summed E-state index contributed by atoms with van der Waals surface area (Å²) in [6.07, 6.45) is 2.36. The number of benzene rings is 2. The van der Waals surface area contributed by atoms with Gasteiger partial charge in [0.2, 0.25) is 0 Å². The molecule has 1 fully saturated rings. The molecule has 1 aliphatic heterocycles. The van der Waals surface area contributed by atoms with Gasteiger partial charge < -0.3 is 4.90 Å². The van der Waals surface area contributed by atoms with Crippen molar-refractivity contribution in [2.45, 2.75) is 50.3 Å². The van der Waals surface area contributed by atoms with Crippen molar-refractivity contribution in [3.63, 3.8) is 0 Å². The van der Waals surface area contributed by atoms with Crippen LogP contribution in [0.3, 0.4) is 0 Å². The molecule has 1 atom stereocenters. The van der Waals surface area contributed by atoms with E-state index in [0.29, 0.717) is 22.4 Å². The van der Waals surface area contributed by atoms with Crippen molar-refractivity contribution >= 4 is 28.1 Å². The molecule has 4 nitrogen and oxygen atoms in total. The monoisotopic (exact) mass is 422 g/mol. The number of nitrogens with zero attached hydrogens (tertiary/aromatic N) is 1. The van der Waals surface area contributed by atoms with Crippen LogP contribution in [0, 0.1) is 0 Å².